The molecular weight excluding hydrogens is 208 g/mol. The maximum absolute atomic E-state index is 4.76. The van der Waals surface area contributed by atoms with Crippen LogP contribution >= 0.6 is 0 Å². The van der Waals surface area contributed by atoms with E-state index in [-0.39, 0.29) is 0 Å². The zero-order valence-corrected chi connectivity index (χ0v) is 11.0. The molecule has 2 rings (SSSR count). The Morgan fingerprint density at radius 1 is 1.18 bits per heavy atom. The number of rotatable bonds is 5. The molecule has 2 nitrogen and oxygen atoms in total. The lowest BCUT2D eigenvalue weighted by molar-refractivity contribution is 0.427. The summed E-state index contributed by atoms with van der Waals surface area (Å²) in [7, 11) is 0. The monoisotopic (exact) mass is 232 g/mol. The highest BCUT2D eigenvalue weighted by atomic mass is 14.9. The van der Waals surface area contributed by atoms with Gasteiger partial charge < -0.3 is 0 Å². The van der Waals surface area contributed by atoms with E-state index in [9.17, 15) is 0 Å². The average molecular weight is 232 g/mol. The van der Waals surface area contributed by atoms with Crippen LogP contribution in [0.3, 0.4) is 0 Å². The SMILES string of the molecule is CCCCCc1ccnc(C2CCCCC2)n1. The van der Waals surface area contributed by atoms with Gasteiger partial charge in [-0.2, -0.15) is 0 Å². The Bertz CT molecular complexity index is 329. The lowest BCUT2D eigenvalue weighted by Crippen LogP contribution is -2.09. The Morgan fingerprint density at radius 3 is 2.76 bits per heavy atom. The molecule has 0 radical (unpaired) electrons. The van der Waals surface area contributed by atoms with Crippen molar-refractivity contribution in [3.63, 3.8) is 0 Å². The van der Waals surface area contributed by atoms with E-state index in [1.807, 2.05) is 6.20 Å². The fraction of sp³-hybridized carbons (Fsp3) is 0.733. The van der Waals surface area contributed by atoms with Gasteiger partial charge in [0.15, 0.2) is 0 Å². The van der Waals surface area contributed by atoms with Gasteiger partial charge in [0, 0.05) is 17.8 Å². The highest BCUT2D eigenvalue weighted by molar-refractivity contribution is 5.06. The molecule has 94 valence electrons. The molecule has 17 heavy (non-hydrogen) atoms. The molecule has 2 heteroatoms. The quantitative estimate of drug-likeness (QED) is 0.709. The summed E-state index contributed by atoms with van der Waals surface area (Å²) in [6.45, 7) is 2.24. The van der Waals surface area contributed by atoms with Gasteiger partial charge in [-0.3, -0.25) is 0 Å². The van der Waals surface area contributed by atoms with Crippen molar-refractivity contribution in [2.75, 3.05) is 0 Å². The van der Waals surface area contributed by atoms with Crippen LogP contribution in [0.15, 0.2) is 12.3 Å². The standard InChI is InChI=1S/C15H24N2/c1-2-3-5-10-14-11-12-16-15(17-14)13-8-6-4-7-9-13/h11-13H,2-10H2,1H3. The zero-order valence-electron chi connectivity index (χ0n) is 11.0. The lowest BCUT2D eigenvalue weighted by atomic mass is 9.88. The smallest absolute Gasteiger partial charge is 0.131 e. The minimum Gasteiger partial charge on any atom is -0.241 e. The predicted molar refractivity (Wildman–Crippen MR) is 71.1 cm³/mol. The fourth-order valence-electron chi connectivity index (χ4n) is 2.67. The number of hydrogen-bond acceptors (Lipinski definition) is 2. The molecule has 0 unspecified atom stereocenters. The number of aromatic nitrogens is 2. The summed E-state index contributed by atoms with van der Waals surface area (Å²) in [5, 5.41) is 0. The Hall–Kier alpha value is -0.920. The molecule has 0 aliphatic heterocycles. The van der Waals surface area contributed by atoms with Crippen molar-refractivity contribution in [2.24, 2.45) is 0 Å². The van der Waals surface area contributed by atoms with E-state index in [2.05, 4.69) is 18.0 Å². The van der Waals surface area contributed by atoms with E-state index < -0.39 is 0 Å². The summed E-state index contributed by atoms with van der Waals surface area (Å²) in [5.74, 6) is 1.74. The summed E-state index contributed by atoms with van der Waals surface area (Å²) < 4.78 is 0. The minimum atomic E-state index is 0.634. The highest BCUT2D eigenvalue weighted by Gasteiger charge is 2.17. The van der Waals surface area contributed by atoms with E-state index in [1.54, 1.807) is 0 Å². The number of unbranched alkanes of at least 4 members (excludes halogenated alkanes) is 2. The van der Waals surface area contributed by atoms with Crippen LogP contribution in [0.1, 0.15) is 75.7 Å². The zero-order chi connectivity index (χ0) is 11.9. The van der Waals surface area contributed by atoms with Gasteiger partial charge in [-0.15, -0.1) is 0 Å². The molecule has 1 aromatic heterocycles. The van der Waals surface area contributed by atoms with Crippen molar-refractivity contribution in [1.82, 2.24) is 9.97 Å². The molecule has 0 N–H and O–H groups in total. The van der Waals surface area contributed by atoms with Gasteiger partial charge in [-0.05, 0) is 31.7 Å². The molecule has 1 aliphatic carbocycles. The van der Waals surface area contributed by atoms with E-state index >= 15 is 0 Å². The summed E-state index contributed by atoms with van der Waals surface area (Å²) >= 11 is 0. The van der Waals surface area contributed by atoms with Crippen LogP contribution in [0.4, 0.5) is 0 Å². The first-order valence-electron chi connectivity index (χ1n) is 7.22. The molecule has 1 aromatic rings. The van der Waals surface area contributed by atoms with Crippen molar-refractivity contribution in [2.45, 2.75) is 70.6 Å². The van der Waals surface area contributed by atoms with Gasteiger partial charge in [0.25, 0.3) is 0 Å². The Balaban J connectivity index is 1.95. The van der Waals surface area contributed by atoms with Crippen molar-refractivity contribution < 1.29 is 0 Å². The van der Waals surface area contributed by atoms with E-state index in [0.717, 1.165) is 12.2 Å². The minimum absolute atomic E-state index is 0.634. The van der Waals surface area contributed by atoms with Crippen LogP contribution in [0, 0.1) is 0 Å². The molecule has 0 saturated heterocycles. The van der Waals surface area contributed by atoms with E-state index in [4.69, 9.17) is 4.98 Å². The topological polar surface area (TPSA) is 25.8 Å². The van der Waals surface area contributed by atoms with Crippen molar-refractivity contribution in [3.05, 3.63) is 23.8 Å². The number of nitrogens with zero attached hydrogens (tertiary/aromatic N) is 2. The Morgan fingerprint density at radius 2 is 2.00 bits per heavy atom. The molecule has 1 heterocycles. The normalized spacial score (nSPS) is 17.2. The van der Waals surface area contributed by atoms with E-state index in [1.165, 1.54) is 57.1 Å². The maximum atomic E-state index is 4.76. The Kier molecular flexibility index (Phi) is 4.96. The van der Waals surface area contributed by atoms with Gasteiger partial charge >= 0.3 is 0 Å². The molecule has 1 aliphatic rings. The molecule has 0 bridgehead atoms. The number of hydrogen-bond donors (Lipinski definition) is 0. The van der Waals surface area contributed by atoms with Crippen LogP contribution in [-0.4, -0.2) is 9.97 Å². The van der Waals surface area contributed by atoms with Gasteiger partial charge in [0.1, 0.15) is 5.82 Å². The molecule has 0 spiro atoms. The summed E-state index contributed by atoms with van der Waals surface area (Å²) in [6.07, 6.45) is 13.6. The molecule has 0 atom stereocenters. The lowest BCUT2D eigenvalue weighted by Gasteiger charge is -2.20. The fourth-order valence-corrected chi connectivity index (χ4v) is 2.67. The van der Waals surface area contributed by atoms with Gasteiger partial charge in [-0.1, -0.05) is 39.0 Å². The Labute approximate surface area is 105 Å². The van der Waals surface area contributed by atoms with Crippen LogP contribution in [0.2, 0.25) is 0 Å². The van der Waals surface area contributed by atoms with Crippen LogP contribution in [0.5, 0.6) is 0 Å². The summed E-state index contributed by atoms with van der Waals surface area (Å²) in [4.78, 5) is 9.24. The van der Waals surface area contributed by atoms with Crippen LogP contribution in [0.25, 0.3) is 0 Å². The average Bonchev–Trinajstić information content (AvgIpc) is 2.41. The third-order valence-corrected chi connectivity index (χ3v) is 3.74. The molecule has 0 amide bonds. The van der Waals surface area contributed by atoms with Gasteiger partial charge in [0.05, 0.1) is 0 Å². The second-order valence-electron chi connectivity index (χ2n) is 5.20. The van der Waals surface area contributed by atoms with Crippen molar-refractivity contribution in [1.29, 1.82) is 0 Å². The second kappa shape index (κ2) is 6.73. The largest absolute Gasteiger partial charge is 0.241 e. The maximum Gasteiger partial charge on any atom is 0.131 e. The predicted octanol–water partition coefficient (Wildman–Crippen LogP) is 4.26. The van der Waals surface area contributed by atoms with Crippen molar-refractivity contribution >= 4 is 0 Å². The van der Waals surface area contributed by atoms with Crippen LogP contribution < -0.4 is 0 Å². The molecule has 1 fully saturated rings. The van der Waals surface area contributed by atoms with Crippen molar-refractivity contribution in [3.8, 4) is 0 Å². The first-order valence-corrected chi connectivity index (χ1v) is 7.22. The molecular formula is C15H24N2. The summed E-state index contributed by atoms with van der Waals surface area (Å²) in [6, 6.07) is 2.09. The molecule has 1 saturated carbocycles. The first-order chi connectivity index (χ1) is 8.40. The third-order valence-electron chi connectivity index (χ3n) is 3.74. The third kappa shape index (κ3) is 3.79. The van der Waals surface area contributed by atoms with E-state index in [0.29, 0.717) is 5.92 Å². The molecule has 0 aromatic carbocycles. The van der Waals surface area contributed by atoms with Gasteiger partial charge in [0.2, 0.25) is 0 Å². The number of aryl methyl sites for hydroxylation is 1. The van der Waals surface area contributed by atoms with Crippen LogP contribution in [-0.2, 0) is 6.42 Å². The van der Waals surface area contributed by atoms with Gasteiger partial charge in [-0.25, -0.2) is 9.97 Å². The summed E-state index contributed by atoms with van der Waals surface area (Å²) in [5.41, 5.74) is 1.24. The second-order valence-corrected chi connectivity index (χ2v) is 5.20. The highest BCUT2D eigenvalue weighted by Crippen LogP contribution is 2.30. The first kappa shape index (κ1) is 12.5.